The van der Waals surface area contributed by atoms with Gasteiger partial charge in [-0.2, -0.15) is 0 Å². The van der Waals surface area contributed by atoms with Gasteiger partial charge in [0.1, 0.15) is 11.9 Å². The van der Waals surface area contributed by atoms with Crippen molar-refractivity contribution >= 4 is 23.3 Å². The molecule has 1 aromatic carbocycles. The van der Waals surface area contributed by atoms with E-state index in [1.165, 1.54) is 6.26 Å². The van der Waals surface area contributed by atoms with Crippen LogP contribution in [0.15, 0.2) is 47.1 Å². The van der Waals surface area contributed by atoms with Crippen molar-refractivity contribution < 1.29 is 14.3 Å². The van der Waals surface area contributed by atoms with Crippen molar-refractivity contribution in [2.45, 2.75) is 12.5 Å². The van der Waals surface area contributed by atoms with E-state index in [1.807, 2.05) is 0 Å². The molecule has 1 aromatic heterocycles. The Labute approximate surface area is 121 Å². The molecule has 0 fully saturated rings. The van der Waals surface area contributed by atoms with Crippen molar-refractivity contribution in [1.29, 1.82) is 0 Å². The molecule has 0 spiro atoms. The lowest BCUT2D eigenvalue weighted by atomic mass is 10.2. The third kappa shape index (κ3) is 4.01. The van der Waals surface area contributed by atoms with Gasteiger partial charge in [-0.1, -0.05) is 23.7 Å². The molecule has 106 valence electrons. The summed E-state index contributed by atoms with van der Waals surface area (Å²) >= 11 is 5.93. The Hall–Kier alpha value is -1.98. The van der Waals surface area contributed by atoms with Crippen LogP contribution in [0.5, 0.6) is 0 Å². The number of halogens is 1. The number of para-hydroxylation sites is 1. The van der Waals surface area contributed by atoms with Crippen LogP contribution in [0.2, 0.25) is 5.02 Å². The van der Waals surface area contributed by atoms with Crippen LogP contribution in [0.1, 0.15) is 18.3 Å². The smallest absolute Gasteiger partial charge is 0.319 e. The number of furan rings is 1. The van der Waals surface area contributed by atoms with Crippen LogP contribution in [0.3, 0.4) is 0 Å². The highest BCUT2D eigenvalue weighted by Gasteiger charge is 2.11. The molecular weight excluding hydrogens is 280 g/mol. The summed E-state index contributed by atoms with van der Waals surface area (Å²) in [5, 5.41) is 15.5. The number of urea groups is 1. The van der Waals surface area contributed by atoms with E-state index in [9.17, 15) is 9.90 Å². The monoisotopic (exact) mass is 294 g/mol. The molecule has 2 amide bonds. The maximum absolute atomic E-state index is 11.6. The number of nitrogens with one attached hydrogen (secondary N) is 2. The van der Waals surface area contributed by atoms with E-state index < -0.39 is 6.10 Å². The summed E-state index contributed by atoms with van der Waals surface area (Å²) in [6.07, 6.45) is 1.13. The molecule has 0 aliphatic rings. The van der Waals surface area contributed by atoms with Gasteiger partial charge in [0.2, 0.25) is 0 Å². The lowest BCUT2D eigenvalue weighted by molar-refractivity contribution is 0.140. The average molecular weight is 295 g/mol. The van der Waals surface area contributed by atoms with Crippen molar-refractivity contribution in [3.05, 3.63) is 53.4 Å². The van der Waals surface area contributed by atoms with Crippen LogP contribution in [-0.2, 0) is 0 Å². The Morgan fingerprint density at radius 3 is 2.80 bits per heavy atom. The third-order valence-corrected chi connectivity index (χ3v) is 3.03. The van der Waals surface area contributed by atoms with Gasteiger partial charge in [0, 0.05) is 6.54 Å². The lowest BCUT2D eigenvalue weighted by Gasteiger charge is -2.10. The molecule has 20 heavy (non-hydrogen) atoms. The first-order valence-electron chi connectivity index (χ1n) is 6.17. The number of hydrogen-bond donors (Lipinski definition) is 3. The number of aliphatic hydroxyl groups is 1. The molecule has 2 rings (SSSR count). The molecule has 0 saturated carbocycles. The van der Waals surface area contributed by atoms with E-state index in [-0.39, 0.29) is 6.03 Å². The number of aliphatic hydroxyl groups excluding tert-OH is 1. The zero-order valence-electron chi connectivity index (χ0n) is 10.7. The highest BCUT2D eigenvalue weighted by molar-refractivity contribution is 6.33. The molecular formula is C14H15ClN2O3. The van der Waals surface area contributed by atoms with Gasteiger partial charge in [-0.25, -0.2) is 4.79 Å². The Morgan fingerprint density at radius 2 is 2.10 bits per heavy atom. The summed E-state index contributed by atoms with van der Waals surface area (Å²) in [5.41, 5.74) is 0.540. The predicted octanol–water partition coefficient (Wildman–Crippen LogP) is 3.18. The van der Waals surface area contributed by atoms with Crippen LogP contribution in [0.25, 0.3) is 0 Å². The standard InChI is InChI=1S/C14H15ClN2O3/c15-10-4-1-2-5-11(10)17-14(19)16-8-7-12(18)13-6-3-9-20-13/h1-6,9,12,18H,7-8H2,(H2,16,17,19). The van der Waals surface area contributed by atoms with Crippen molar-refractivity contribution in [2.24, 2.45) is 0 Å². The second-order valence-corrected chi connectivity index (χ2v) is 4.59. The minimum atomic E-state index is -0.731. The Morgan fingerprint density at radius 1 is 1.30 bits per heavy atom. The van der Waals surface area contributed by atoms with Crippen LogP contribution in [0, 0.1) is 0 Å². The third-order valence-electron chi connectivity index (χ3n) is 2.70. The van der Waals surface area contributed by atoms with Gasteiger partial charge < -0.3 is 20.2 Å². The normalized spacial score (nSPS) is 11.9. The van der Waals surface area contributed by atoms with E-state index in [0.29, 0.717) is 29.4 Å². The second kappa shape index (κ2) is 6.98. The molecule has 6 heteroatoms. The SMILES string of the molecule is O=C(NCCC(O)c1ccco1)Nc1ccccc1Cl. The summed E-state index contributed by atoms with van der Waals surface area (Å²) in [7, 11) is 0. The summed E-state index contributed by atoms with van der Waals surface area (Å²) < 4.78 is 5.07. The molecule has 0 aliphatic carbocycles. The topological polar surface area (TPSA) is 74.5 Å². The molecule has 2 aromatic rings. The first-order valence-corrected chi connectivity index (χ1v) is 6.55. The number of carbonyl (C=O) groups is 1. The quantitative estimate of drug-likeness (QED) is 0.793. The maximum Gasteiger partial charge on any atom is 0.319 e. The first kappa shape index (κ1) is 14.4. The van der Waals surface area contributed by atoms with E-state index in [1.54, 1.807) is 36.4 Å². The Bertz CT molecular complexity index is 557. The molecule has 1 atom stereocenters. The highest BCUT2D eigenvalue weighted by Crippen LogP contribution is 2.20. The van der Waals surface area contributed by atoms with Gasteiger partial charge in [-0.05, 0) is 30.7 Å². The molecule has 1 heterocycles. The summed E-state index contributed by atoms with van der Waals surface area (Å²) in [6, 6.07) is 9.99. The number of benzene rings is 1. The molecule has 1 unspecified atom stereocenters. The zero-order valence-corrected chi connectivity index (χ0v) is 11.4. The summed E-state index contributed by atoms with van der Waals surface area (Å²) in [4.78, 5) is 11.6. The molecule has 0 saturated heterocycles. The second-order valence-electron chi connectivity index (χ2n) is 4.18. The number of anilines is 1. The molecule has 0 bridgehead atoms. The van der Waals surface area contributed by atoms with Gasteiger partial charge in [-0.3, -0.25) is 0 Å². The van der Waals surface area contributed by atoms with E-state index in [4.69, 9.17) is 16.0 Å². The van der Waals surface area contributed by atoms with Crippen molar-refractivity contribution in [3.8, 4) is 0 Å². The highest BCUT2D eigenvalue weighted by atomic mass is 35.5. The van der Waals surface area contributed by atoms with Gasteiger partial charge in [0.25, 0.3) is 0 Å². The average Bonchev–Trinajstić information content (AvgIpc) is 2.95. The van der Waals surface area contributed by atoms with E-state index in [0.717, 1.165) is 0 Å². The van der Waals surface area contributed by atoms with Gasteiger partial charge in [-0.15, -0.1) is 0 Å². The van der Waals surface area contributed by atoms with Crippen LogP contribution in [0.4, 0.5) is 10.5 Å². The predicted molar refractivity (Wildman–Crippen MR) is 76.8 cm³/mol. The first-order chi connectivity index (χ1) is 9.66. The van der Waals surface area contributed by atoms with Crippen LogP contribution in [-0.4, -0.2) is 17.7 Å². The van der Waals surface area contributed by atoms with E-state index in [2.05, 4.69) is 10.6 Å². The fraction of sp³-hybridized carbons (Fsp3) is 0.214. The molecule has 0 radical (unpaired) electrons. The van der Waals surface area contributed by atoms with Crippen LogP contribution >= 0.6 is 11.6 Å². The molecule has 0 aliphatic heterocycles. The lowest BCUT2D eigenvalue weighted by Crippen LogP contribution is -2.30. The number of hydrogen-bond acceptors (Lipinski definition) is 3. The largest absolute Gasteiger partial charge is 0.467 e. The number of carbonyl (C=O) groups excluding carboxylic acids is 1. The van der Waals surface area contributed by atoms with Crippen LogP contribution < -0.4 is 10.6 Å². The van der Waals surface area contributed by atoms with Gasteiger partial charge in [0.05, 0.1) is 17.0 Å². The Balaban J connectivity index is 1.74. The maximum atomic E-state index is 11.6. The minimum Gasteiger partial charge on any atom is -0.467 e. The number of amides is 2. The van der Waals surface area contributed by atoms with Crippen molar-refractivity contribution in [1.82, 2.24) is 5.32 Å². The zero-order chi connectivity index (χ0) is 14.4. The van der Waals surface area contributed by atoms with Gasteiger partial charge >= 0.3 is 6.03 Å². The summed E-state index contributed by atoms with van der Waals surface area (Å²) in [5.74, 6) is 0.485. The van der Waals surface area contributed by atoms with Crippen molar-refractivity contribution in [3.63, 3.8) is 0 Å². The Kier molecular flexibility index (Phi) is 5.03. The number of rotatable bonds is 5. The summed E-state index contributed by atoms with van der Waals surface area (Å²) in [6.45, 7) is 0.318. The van der Waals surface area contributed by atoms with Crippen molar-refractivity contribution in [2.75, 3.05) is 11.9 Å². The van der Waals surface area contributed by atoms with E-state index >= 15 is 0 Å². The minimum absolute atomic E-state index is 0.318. The fourth-order valence-corrected chi connectivity index (χ4v) is 1.86. The molecule has 3 N–H and O–H groups in total. The molecule has 5 nitrogen and oxygen atoms in total. The fourth-order valence-electron chi connectivity index (χ4n) is 1.67. The van der Waals surface area contributed by atoms with Gasteiger partial charge in [0.15, 0.2) is 0 Å².